The predicted octanol–water partition coefficient (Wildman–Crippen LogP) is 6.33. The van der Waals surface area contributed by atoms with Crippen molar-refractivity contribution in [3.63, 3.8) is 0 Å². The Morgan fingerprint density at radius 1 is 0.914 bits per heavy atom. The number of carbonyl (C=O) groups is 2. The third-order valence-corrected chi connectivity index (χ3v) is 5.32. The summed E-state index contributed by atoms with van der Waals surface area (Å²) in [5.74, 6) is -1.86. The summed E-state index contributed by atoms with van der Waals surface area (Å²) in [6.45, 7) is 0. The van der Waals surface area contributed by atoms with Gasteiger partial charge in [-0.15, -0.1) is 0 Å². The van der Waals surface area contributed by atoms with Crippen molar-refractivity contribution in [3.8, 4) is 0 Å². The van der Waals surface area contributed by atoms with E-state index >= 15 is 0 Å². The molecule has 3 rings (SSSR count). The van der Waals surface area contributed by atoms with E-state index in [0.717, 1.165) is 43.4 Å². The Bertz CT molecular complexity index is 1180. The number of nitrogens with one attached hydrogen (secondary N) is 1. The number of urea groups is 1. The van der Waals surface area contributed by atoms with Crippen molar-refractivity contribution in [1.82, 2.24) is 4.90 Å². The van der Waals surface area contributed by atoms with E-state index in [2.05, 4.69) is 10.3 Å². The first-order valence-corrected chi connectivity index (χ1v) is 10.5. The van der Waals surface area contributed by atoms with Gasteiger partial charge in [-0.2, -0.15) is 26.3 Å². The highest BCUT2D eigenvalue weighted by Crippen LogP contribution is 2.39. The Hall–Kier alpha value is -2.70. The number of para-hydroxylation sites is 1. The number of rotatable bonds is 4. The molecule has 0 aliphatic carbocycles. The zero-order valence-corrected chi connectivity index (χ0v) is 19.5. The molecule has 35 heavy (non-hydrogen) atoms. The molecule has 1 aliphatic heterocycles. The second-order valence-corrected chi connectivity index (χ2v) is 9.48. The number of hydrogen-bond acceptors (Lipinski definition) is 4. The number of likely N-dealkylation sites (N-methyl/N-ethyl adjacent to an activating group) is 1. The molecule has 2 aromatic rings. The monoisotopic (exact) mass is 560 g/mol. The highest BCUT2D eigenvalue weighted by Gasteiger charge is 2.45. The average Bonchev–Trinajstić information content (AvgIpc) is 2.95. The molecule has 15 heteroatoms. The lowest BCUT2D eigenvalue weighted by atomic mass is 10.1. The minimum Gasteiger partial charge on any atom is -0.360 e. The first-order valence-electron chi connectivity index (χ1n) is 9.38. The highest BCUT2D eigenvalue weighted by atomic mass is 35.6. The van der Waals surface area contributed by atoms with Crippen LogP contribution in [0.25, 0.3) is 0 Å². The van der Waals surface area contributed by atoms with Crippen molar-refractivity contribution in [1.29, 1.82) is 0 Å². The maximum absolute atomic E-state index is 13.4. The van der Waals surface area contributed by atoms with Gasteiger partial charge in [0.2, 0.25) is 9.63 Å². The van der Waals surface area contributed by atoms with E-state index in [9.17, 15) is 35.9 Å². The van der Waals surface area contributed by atoms with E-state index < -0.39 is 56.9 Å². The minimum absolute atomic E-state index is 0.389. The molecule has 0 bridgehead atoms. The number of imide groups is 1. The normalized spacial score (nSPS) is 17.4. The fourth-order valence-electron chi connectivity index (χ4n) is 3.05. The SMILES string of the molecule is CN1C(=O)C(=NC(Nc2ccccc2C(F)(F)F)C(Cl)(Cl)Cl)N(c2cccc(C(F)(F)F)c2)C1=O. The lowest BCUT2D eigenvalue weighted by Gasteiger charge is -2.26. The largest absolute Gasteiger partial charge is 0.418 e. The van der Waals surface area contributed by atoms with E-state index in [4.69, 9.17) is 34.8 Å². The Morgan fingerprint density at radius 3 is 2.11 bits per heavy atom. The Balaban J connectivity index is 2.12. The van der Waals surface area contributed by atoms with Crippen LogP contribution in [-0.4, -0.2) is 39.7 Å². The zero-order valence-electron chi connectivity index (χ0n) is 17.3. The Labute approximate surface area is 209 Å². The van der Waals surface area contributed by atoms with Gasteiger partial charge in [0.05, 0.1) is 16.8 Å². The molecule has 1 unspecified atom stereocenters. The van der Waals surface area contributed by atoms with Gasteiger partial charge >= 0.3 is 18.4 Å². The van der Waals surface area contributed by atoms with E-state index in [1.807, 2.05) is 0 Å². The van der Waals surface area contributed by atoms with E-state index in [1.165, 1.54) is 6.07 Å². The second-order valence-electron chi connectivity index (χ2n) is 7.11. The van der Waals surface area contributed by atoms with Crippen molar-refractivity contribution < 1.29 is 35.9 Å². The summed E-state index contributed by atoms with van der Waals surface area (Å²) in [6, 6.07) is 6.50. The number of carbonyl (C=O) groups excluding carboxylic acids is 2. The van der Waals surface area contributed by atoms with Gasteiger partial charge < -0.3 is 5.32 Å². The molecule has 1 fully saturated rings. The summed E-state index contributed by atoms with van der Waals surface area (Å²) in [7, 11) is 1.03. The molecule has 1 N–H and O–H groups in total. The molecular weight excluding hydrogens is 549 g/mol. The summed E-state index contributed by atoms with van der Waals surface area (Å²) in [6.07, 6.45) is -11.4. The number of amides is 3. The topological polar surface area (TPSA) is 65.0 Å². The van der Waals surface area contributed by atoms with Gasteiger partial charge in [-0.3, -0.25) is 9.69 Å². The fourth-order valence-corrected chi connectivity index (χ4v) is 3.36. The average molecular weight is 562 g/mol. The standard InChI is InChI=1S/C20H13Cl3F6N4O2/c1-32-15(34)14(33(17(32)35)11-6-4-5-10(9-11)19(24,25)26)31-16(18(21,22)23)30-13-8-3-2-7-12(13)20(27,28)29/h2-9,16,30H,1H3. The van der Waals surface area contributed by atoms with Gasteiger partial charge in [-0.1, -0.05) is 53.0 Å². The summed E-state index contributed by atoms with van der Waals surface area (Å²) in [5.41, 5.74) is -3.21. The lowest BCUT2D eigenvalue weighted by Crippen LogP contribution is -2.38. The molecule has 2 aromatic carbocycles. The third-order valence-electron chi connectivity index (χ3n) is 4.70. The van der Waals surface area contributed by atoms with Gasteiger partial charge in [-0.25, -0.2) is 14.7 Å². The number of aliphatic imine (C=N–C) groups is 1. The van der Waals surface area contributed by atoms with Crippen LogP contribution in [0.2, 0.25) is 0 Å². The van der Waals surface area contributed by atoms with Crippen molar-refractivity contribution in [2.45, 2.75) is 22.3 Å². The van der Waals surface area contributed by atoms with Crippen molar-refractivity contribution in [2.24, 2.45) is 4.99 Å². The van der Waals surface area contributed by atoms with E-state index in [-0.39, 0.29) is 5.69 Å². The van der Waals surface area contributed by atoms with Crippen LogP contribution in [0, 0.1) is 0 Å². The van der Waals surface area contributed by atoms with E-state index in [1.54, 1.807) is 0 Å². The molecule has 0 spiro atoms. The molecule has 3 amide bonds. The first-order chi connectivity index (χ1) is 16.0. The molecule has 0 saturated carbocycles. The maximum atomic E-state index is 13.4. The van der Waals surface area contributed by atoms with Crippen molar-refractivity contribution >= 4 is 64.0 Å². The lowest BCUT2D eigenvalue weighted by molar-refractivity contribution is -0.138. The predicted molar refractivity (Wildman–Crippen MR) is 119 cm³/mol. The van der Waals surface area contributed by atoms with Gasteiger partial charge in [0.1, 0.15) is 0 Å². The second kappa shape index (κ2) is 9.40. The van der Waals surface area contributed by atoms with Gasteiger partial charge in [0.25, 0.3) is 5.91 Å². The molecule has 6 nitrogen and oxygen atoms in total. The number of benzene rings is 2. The zero-order chi connectivity index (χ0) is 26.3. The summed E-state index contributed by atoms with van der Waals surface area (Å²) >= 11 is 17.7. The third kappa shape index (κ3) is 5.76. The van der Waals surface area contributed by atoms with Crippen molar-refractivity contribution in [3.05, 3.63) is 59.7 Å². The van der Waals surface area contributed by atoms with Crippen LogP contribution in [0.1, 0.15) is 11.1 Å². The summed E-state index contributed by atoms with van der Waals surface area (Å²) in [5, 5.41) is 2.29. The first kappa shape index (κ1) is 26.9. The number of alkyl halides is 9. The molecule has 0 aromatic heterocycles. The molecular formula is C20H13Cl3F6N4O2. The van der Waals surface area contributed by atoms with E-state index in [0.29, 0.717) is 15.9 Å². The fraction of sp³-hybridized carbons (Fsp3) is 0.250. The maximum Gasteiger partial charge on any atom is 0.418 e. The molecule has 1 heterocycles. The van der Waals surface area contributed by atoms with Crippen LogP contribution in [0.5, 0.6) is 0 Å². The minimum atomic E-state index is -4.81. The van der Waals surface area contributed by atoms with Gasteiger partial charge in [0.15, 0.2) is 6.17 Å². The molecule has 1 aliphatic rings. The van der Waals surface area contributed by atoms with Crippen LogP contribution in [0.15, 0.2) is 53.5 Å². The number of halogens is 9. The van der Waals surface area contributed by atoms with Crippen LogP contribution in [0.3, 0.4) is 0 Å². The molecule has 188 valence electrons. The summed E-state index contributed by atoms with van der Waals surface area (Å²) in [4.78, 5) is 30.3. The van der Waals surface area contributed by atoms with Crippen LogP contribution < -0.4 is 10.2 Å². The quantitative estimate of drug-likeness (QED) is 0.270. The Kier molecular flexibility index (Phi) is 7.22. The number of amidine groups is 1. The highest BCUT2D eigenvalue weighted by molar-refractivity contribution is 6.68. The number of nitrogens with zero attached hydrogens (tertiary/aromatic N) is 3. The van der Waals surface area contributed by atoms with Gasteiger partial charge in [0, 0.05) is 12.7 Å². The number of hydrogen-bond donors (Lipinski definition) is 1. The smallest absolute Gasteiger partial charge is 0.360 e. The van der Waals surface area contributed by atoms with Crippen molar-refractivity contribution in [2.75, 3.05) is 17.3 Å². The molecule has 1 atom stereocenters. The molecule has 0 radical (unpaired) electrons. The number of anilines is 2. The summed E-state index contributed by atoms with van der Waals surface area (Å²) < 4.78 is 77.3. The Morgan fingerprint density at radius 2 is 1.54 bits per heavy atom. The van der Waals surface area contributed by atoms with Crippen LogP contribution in [0.4, 0.5) is 42.5 Å². The van der Waals surface area contributed by atoms with Crippen LogP contribution in [-0.2, 0) is 17.1 Å². The van der Waals surface area contributed by atoms with Crippen LogP contribution >= 0.6 is 34.8 Å². The van der Waals surface area contributed by atoms with Gasteiger partial charge in [-0.05, 0) is 30.3 Å². The molecule has 1 saturated heterocycles.